The van der Waals surface area contributed by atoms with Gasteiger partial charge in [0.2, 0.25) is 0 Å². The number of ether oxygens (including phenoxy) is 1. The highest BCUT2D eigenvalue weighted by molar-refractivity contribution is 7.90. The fourth-order valence-electron chi connectivity index (χ4n) is 5.32. The molecule has 41 heavy (non-hydrogen) atoms. The molecule has 6 rings (SSSR count). The van der Waals surface area contributed by atoms with Crippen LogP contribution in [0.1, 0.15) is 12.6 Å². The number of rotatable bonds is 7. The fraction of sp³-hybridized carbons (Fsp3) is 0.276. The van der Waals surface area contributed by atoms with Crippen LogP contribution in [0.25, 0.3) is 39.4 Å². The predicted octanol–water partition coefficient (Wildman–Crippen LogP) is 4.78. The average Bonchev–Trinajstić information content (AvgIpc) is 3.39. The summed E-state index contributed by atoms with van der Waals surface area (Å²) in [5.41, 5.74) is 5.24. The van der Waals surface area contributed by atoms with E-state index in [0.29, 0.717) is 40.3 Å². The Labute approximate surface area is 242 Å². The molecule has 210 valence electrons. The molecular weight excluding hydrogens is 562 g/mol. The van der Waals surface area contributed by atoms with Crippen molar-refractivity contribution in [1.29, 1.82) is 0 Å². The summed E-state index contributed by atoms with van der Waals surface area (Å²) in [5, 5.41) is 5.96. The zero-order chi connectivity index (χ0) is 28.9. The van der Waals surface area contributed by atoms with E-state index in [1.807, 2.05) is 44.2 Å². The van der Waals surface area contributed by atoms with Crippen LogP contribution in [0.4, 0.5) is 5.69 Å². The number of sulfone groups is 1. The number of halogens is 1. The summed E-state index contributed by atoms with van der Waals surface area (Å²) in [6.45, 7) is 4.60. The molecular formula is C29H28ClN7O3S. The molecule has 0 N–H and O–H groups in total. The van der Waals surface area contributed by atoms with Gasteiger partial charge in [0.25, 0.3) is 0 Å². The second kappa shape index (κ2) is 10.4. The molecule has 0 radical (unpaired) electrons. The summed E-state index contributed by atoms with van der Waals surface area (Å²) >= 11 is 6.23. The lowest BCUT2D eigenvalue weighted by Gasteiger charge is -2.48. The topological polar surface area (TPSA) is 116 Å². The maximum atomic E-state index is 11.9. The second-order valence-electron chi connectivity index (χ2n) is 10.3. The Bertz CT molecular complexity index is 1890. The highest BCUT2D eigenvalue weighted by atomic mass is 35.5. The summed E-state index contributed by atoms with van der Waals surface area (Å²) in [6.07, 6.45) is 6.47. The van der Waals surface area contributed by atoms with Gasteiger partial charge in [0, 0.05) is 60.0 Å². The molecule has 10 nitrogen and oxygen atoms in total. The minimum atomic E-state index is -3.08. The fourth-order valence-corrected chi connectivity index (χ4v) is 6.64. The van der Waals surface area contributed by atoms with Crippen LogP contribution < -0.4 is 9.64 Å². The van der Waals surface area contributed by atoms with Gasteiger partial charge < -0.3 is 9.64 Å². The first-order valence-corrected chi connectivity index (χ1v) is 15.5. The Balaban J connectivity index is 1.49. The molecule has 0 spiro atoms. The average molecular weight is 590 g/mol. The van der Waals surface area contributed by atoms with Crippen LogP contribution in [0.2, 0.25) is 5.15 Å². The van der Waals surface area contributed by atoms with Gasteiger partial charge in [0.05, 0.1) is 47.2 Å². The van der Waals surface area contributed by atoms with E-state index in [-0.39, 0.29) is 17.7 Å². The van der Waals surface area contributed by atoms with Crippen LogP contribution >= 0.6 is 11.6 Å². The molecule has 0 aromatic carbocycles. The number of anilines is 1. The van der Waals surface area contributed by atoms with Gasteiger partial charge in [-0.1, -0.05) is 17.7 Å². The van der Waals surface area contributed by atoms with Crippen molar-refractivity contribution in [2.75, 3.05) is 30.6 Å². The molecule has 0 aliphatic carbocycles. The Hall–Kier alpha value is -4.09. The van der Waals surface area contributed by atoms with Gasteiger partial charge in [-0.15, -0.1) is 0 Å². The van der Waals surface area contributed by atoms with Crippen LogP contribution in [0.3, 0.4) is 0 Å². The zero-order valence-corrected chi connectivity index (χ0v) is 24.6. The number of hydrogen-bond acceptors (Lipinski definition) is 9. The predicted molar refractivity (Wildman–Crippen MR) is 159 cm³/mol. The molecule has 1 aliphatic heterocycles. The third-order valence-corrected chi connectivity index (χ3v) is 8.72. The van der Waals surface area contributed by atoms with Crippen molar-refractivity contribution in [3.8, 4) is 34.2 Å². The van der Waals surface area contributed by atoms with Gasteiger partial charge in [-0.25, -0.2) is 23.1 Å². The molecule has 5 aromatic heterocycles. The van der Waals surface area contributed by atoms with Crippen LogP contribution in [-0.2, 0) is 9.84 Å². The Morgan fingerprint density at radius 3 is 2.61 bits per heavy atom. The number of aryl methyl sites for hydroxylation is 1. The molecule has 0 unspecified atom stereocenters. The molecule has 1 fully saturated rings. The lowest BCUT2D eigenvalue weighted by molar-refractivity contribution is 0.341. The van der Waals surface area contributed by atoms with E-state index in [1.165, 1.54) is 6.26 Å². The first kappa shape index (κ1) is 27.1. The number of nitrogens with zero attached hydrogens (tertiary/aromatic N) is 7. The van der Waals surface area contributed by atoms with Crippen LogP contribution in [0.15, 0.2) is 61.1 Å². The lowest BCUT2D eigenvalue weighted by atomic mass is 9.91. The minimum absolute atomic E-state index is 0.0330. The van der Waals surface area contributed by atoms with Gasteiger partial charge in [-0.2, -0.15) is 5.10 Å². The largest absolute Gasteiger partial charge is 0.496 e. The number of methoxy groups -OCH3 is 1. The smallest absolute Gasteiger partial charge is 0.156 e. The summed E-state index contributed by atoms with van der Waals surface area (Å²) in [6, 6.07) is 13.1. The van der Waals surface area contributed by atoms with Gasteiger partial charge >= 0.3 is 0 Å². The van der Waals surface area contributed by atoms with Gasteiger partial charge in [0.1, 0.15) is 20.7 Å². The number of pyridine rings is 4. The van der Waals surface area contributed by atoms with E-state index in [4.69, 9.17) is 31.4 Å². The quantitative estimate of drug-likeness (QED) is 0.247. The highest BCUT2D eigenvalue weighted by Crippen LogP contribution is 2.36. The molecule has 2 atom stereocenters. The van der Waals surface area contributed by atoms with Crippen molar-refractivity contribution < 1.29 is 13.2 Å². The van der Waals surface area contributed by atoms with E-state index in [9.17, 15) is 8.42 Å². The van der Waals surface area contributed by atoms with Gasteiger partial charge in [-0.05, 0) is 44.2 Å². The summed E-state index contributed by atoms with van der Waals surface area (Å²) in [5.74, 6) is 1.46. The SMILES string of the molecule is COc1ccncc1-c1cc2c(cnn2-c2cc(N3C[C@H](CS(C)(=O)=O)[C@H]3C)cc(-c3cccc(Cl)n3)n2)c(C)n1. The summed E-state index contributed by atoms with van der Waals surface area (Å²) < 4.78 is 31.2. The normalized spacial score (nSPS) is 17.0. The van der Waals surface area contributed by atoms with Gasteiger partial charge in [0.15, 0.2) is 5.82 Å². The third-order valence-electron chi connectivity index (χ3n) is 7.48. The lowest BCUT2D eigenvalue weighted by Crippen LogP contribution is -2.57. The maximum absolute atomic E-state index is 11.9. The minimum Gasteiger partial charge on any atom is -0.496 e. The number of aromatic nitrogens is 6. The molecule has 1 aliphatic rings. The molecule has 12 heteroatoms. The van der Waals surface area contributed by atoms with E-state index in [2.05, 4.69) is 14.9 Å². The van der Waals surface area contributed by atoms with Crippen molar-refractivity contribution >= 4 is 38.0 Å². The molecule has 5 aromatic rings. The molecule has 1 saturated heterocycles. The number of hydrogen-bond donors (Lipinski definition) is 0. The molecule has 0 amide bonds. The molecule has 0 bridgehead atoms. The molecule has 6 heterocycles. The highest BCUT2D eigenvalue weighted by Gasteiger charge is 2.38. The Morgan fingerprint density at radius 2 is 1.88 bits per heavy atom. The van der Waals surface area contributed by atoms with Crippen LogP contribution in [0.5, 0.6) is 5.75 Å². The van der Waals surface area contributed by atoms with Crippen molar-refractivity contribution in [1.82, 2.24) is 29.7 Å². The second-order valence-corrected chi connectivity index (χ2v) is 12.9. The number of fused-ring (bicyclic) bond motifs is 1. The van der Waals surface area contributed by atoms with Crippen LogP contribution in [-0.4, -0.2) is 69.8 Å². The van der Waals surface area contributed by atoms with Crippen molar-refractivity contribution in [2.45, 2.75) is 19.9 Å². The summed E-state index contributed by atoms with van der Waals surface area (Å²) in [7, 11) is -1.46. The zero-order valence-electron chi connectivity index (χ0n) is 23.0. The van der Waals surface area contributed by atoms with Crippen molar-refractivity contribution in [3.63, 3.8) is 0 Å². The third kappa shape index (κ3) is 5.22. The van der Waals surface area contributed by atoms with Crippen molar-refractivity contribution in [2.24, 2.45) is 5.92 Å². The van der Waals surface area contributed by atoms with E-state index >= 15 is 0 Å². The maximum Gasteiger partial charge on any atom is 0.156 e. The first-order valence-electron chi connectivity index (χ1n) is 13.0. The Morgan fingerprint density at radius 1 is 1.05 bits per heavy atom. The monoisotopic (exact) mass is 589 g/mol. The van der Waals surface area contributed by atoms with Crippen molar-refractivity contribution in [3.05, 3.63) is 71.9 Å². The van der Waals surface area contributed by atoms with E-state index in [0.717, 1.165) is 27.8 Å². The first-order chi connectivity index (χ1) is 19.6. The van der Waals surface area contributed by atoms with Gasteiger partial charge in [-0.3, -0.25) is 9.97 Å². The van der Waals surface area contributed by atoms with Crippen LogP contribution in [0, 0.1) is 12.8 Å². The summed E-state index contributed by atoms with van der Waals surface area (Å²) in [4.78, 5) is 20.7. The Kier molecular flexibility index (Phi) is 6.87. The van der Waals surface area contributed by atoms with E-state index in [1.54, 1.807) is 42.5 Å². The molecule has 0 saturated carbocycles. The standard InChI is InChI=1S/C29H28ClN7O3S/c1-17-21-14-32-37(26(21)12-24(33-17)22-13-31-9-8-27(22)40-3)29-11-20(36-15-19(18(36)2)16-41(4,38)39)10-25(35-29)23-6-5-7-28(30)34-23/h5-14,18-19H,15-16H2,1-4H3/t18-,19-/m1/s1. The van der Waals surface area contributed by atoms with E-state index < -0.39 is 9.84 Å².